The van der Waals surface area contributed by atoms with Crippen LogP contribution in [0.3, 0.4) is 0 Å². The van der Waals surface area contributed by atoms with Crippen molar-refractivity contribution in [3.8, 4) is 0 Å². The summed E-state index contributed by atoms with van der Waals surface area (Å²) in [4.78, 5) is 24.8. The van der Waals surface area contributed by atoms with Crippen molar-refractivity contribution in [2.45, 2.75) is 32.3 Å². The van der Waals surface area contributed by atoms with E-state index in [1.54, 1.807) is 20.8 Å². The minimum Gasteiger partial charge on any atom is -0.481 e. The van der Waals surface area contributed by atoms with E-state index in [1.807, 2.05) is 0 Å². The lowest BCUT2D eigenvalue weighted by Gasteiger charge is -2.24. The van der Waals surface area contributed by atoms with Gasteiger partial charge in [0.15, 0.2) is 0 Å². The molecule has 1 saturated heterocycles. The smallest absolute Gasteiger partial charge is 0.410 e. The molecule has 1 aliphatic rings. The van der Waals surface area contributed by atoms with Gasteiger partial charge in [-0.05, 0) is 32.4 Å². The molecule has 23 heavy (non-hydrogen) atoms. The Bertz CT molecular complexity index is 627. The number of carbonyl (C=O) groups is 2. The molecule has 1 heterocycles. The fourth-order valence-electron chi connectivity index (χ4n) is 2.65. The highest BCUT2D eigenvalue weighted by Crippen LogP contribution is 2.35. The summed E-state index contributed by atoms with van der Waals surface area (Å²) in [5.74, 6) is -4.40. The van der Waals surface area contributed by atoms with E-state index < -0.39 is 41.1 Å². The summed E-state index contributed by atoms with van der Waals surface area (Å²) in [5.41, 5.74) is -0.625. The number of likely N-dealkylation sites (tertiary alicyclic amines) is 1. The first-order valence-electron chi connectivity index (χ1n) is 7.24. The van der Waals surface area contributed by atoms with Crippen LogP contribution >= 0.6 is 0 Å². The summed E-state index contributed by atoms with van der Waals surface area (Å²) in [6.07, 6.45) is -0.645. The molecule has 1 amide bonds. The van der Waals surface area contributed by atoms with Crippen LogP contribution in [0.15, 0.2) is 18.2 Å². The van der Waals surface area contributed by atoms with Crippen LogP contribution in [0.1, 0.15) is 32.3 Å². The Morgan fingerprint density at radius 3 is 2.43 bits per heavy atom. The van der Waals surface area contributed by atoms with Crippen LogP contribution in [0.2, 0.25) is 0 Å². The summed E-state index contributed by atoms with van der Waals surface area (Å²) in [5, 5.41) is 9.35. The number of carboxylic acids is 1. The van der Waals surface area contributed by atoms with Crippen molar-refractivity contribution in [3.05, 3.63) is 35.4 Å². The molecule has 0 aromatic heterocycles. The predicted molar refractivity (Wildman–Crippen MR) is 78.0 cm³/mol. The van der Waals surface area contributed by atoms with Crippen molar-refractivity contribution in [1.29, 1.82) is 0 Å². The zero-order valence-corrected chi connectivity index (χ0v) is 13.2. The lowest BCUT2D eigenvalue weighted by molar-refractivity contribution is -0.141. The van der Waals surface area contributed by atoms with Crippen LogP contribution in [-0.4, -0.2) is 40.8 Å². The Kier molecular flexibility index (Phi) is 4.58. The molecule has 126 valence electrons. The molecule has 1 N–H and O–H groups in total. The molecule has 1 aromatic carbocycles. The quantitative estimate of drug-likeness (QED) is 0.907. The number of aliphatic carboxylic acids is 1. The summed E-state index contributed by atoms with van der Waals surface area (Å²) < 4.78 is 32.2. The predicted octanol–water partition coefficient (Wildman–Crippen LogP) is 3.00. The fraction of sp³-hybridized carbons (Fsp3) is 0.500. The van der Waals surface area contributed by atoms with Crippen LogP contribution in [-0.2, 0) is 9.53 Å². The molecule has 0 saturated carbocycles. The third-order valence-corrected chi connectivity index (χ3v) is 3.65. The number of nitrogens with zero attached hydrogens (tertiary/aromatic N) is 1. The van der Waals surface area contributed by atoms with Gasteiger partial charge in [0.25, 0.3) is 0 Å². The van der Waals surface area contributed by atoms with Gasteiger partial charge in [-0.2, -0.15) is 0 Å². The van der Waals surface area contributed by atoms with Crippen LogP contribution in [0.25, 0.3) is 0 Å². The Hall–Kier alpha value is -2.18. The standard InChI is InChI=1S/C16H19F2NO4/c1-16(2,3)23-15(22)19-7-11(12(8-19)14(20)21)10-5-4-9(17)6-13(10)18/h4-6,11-12H,7-8H2,1-3H3,(H,20,21)/t11-,12+/m1/s1. The first-order valence-corrected chi connectivity index (χ1v) is 7.24. The van der Waals surface area contributed by atoms with E-state index in [1.165, 1.54) is 11.0 Å². The SMILES string of the molecule is CC(C)(C)OC(=O)N1C[C@H](C(=O)O)[C@@H](c2ccc(F)cc2F)C1. The Labute approximate surface area is 132 Å². The van der Waals surface area contributed by atoms with Gasteiger partial charge in [-0.3, -0.25) is 4.79 Å². The Balaban J connectivity index is 2.25. The van der Waals surface area contributed by atoms with Gasteiger partial charge in [-0.1, -0.05) is 6.07 Å². The van der Waals surface area contributed by atoms with E-state index in [0.717, 1.165) is 6.07 Å². The monoisotopic (exact) mass is 327 g/mol. The number of ether oxygens (including phenoxy) is 1. The lowest BCUT2D eigenvalue weighted by Crippen LogP contribution is -2.35. The van der Waals surface area contributed by atoms with Crippen LogP contribution in [0, 0.1) is 17.6 Å². The average molecular weight is 327 g/mol. The summed E-state index contributed by atoms with van der Waals surface area (Å²) in [6, 6.07) is 3.02. The van der Waals surface area contributed by atoms with E-state index in [2.05, 4.69) is 0 Å². The zero-order chi connectivity index (χ0) is 17.4. The largest absolute Gasteiger partial charge is 0.481 e. The van der Waals surface area contributed by atoms with Crippen molar-refractivity contribution >= 4 is 12.1 Å². The summed E-state index contributed by atoms with van der Waals surface area (Å²) >= 11 is 0. The minimum absolute atomic E-state index is 0.00837. The van der Waals surface area contributed by atoms with E-state index >= 15 is 0 Å². The number of carboxylic acid groups (broad SMARTS) is 1. The second-order valence-corrected chi connectivity index (χ2v) is 6.60. The second kappa shape index (κ2) is 6.14. The molecule has 0 radical (unpaired) electrons. The van der Waals surface area contributed by atoms with Crippen molar-refractivity contribution in [2.24, 2.45) is 5.92 Å². The van der Waals surface area contributed by atoms with Crippen molar-refractivity contribution in [2.75, 3.05) is 13.1 Å². The molecule has 2 atom stereocenters. The minimum atomic E-state index is -1.13. The molecule has 5 nitrogen and oxygen atoms in total. The van der Waals surface area contributed by atoms with Crippen LogP contribution < -0.4 is 0 Å². The number of hydrogen-bond donors (Lipinski definition) is 1. The Morgan fingerprint density at radius 2 is 1.91 bits per heavy atom. The first kappa shape index (κ1) is 17.2. The van der Waals surface area contributed by atoms with Gasteiger partial charge in [-0.15, -0.1) is 0 Å². The third kappa shape index (κ3) is 3.97. The van der Waals surface area contributed by atoms with Gasteiger partial charge in [0.2, 0.25) is 0 Å². The average Bonchev–Trinajstić information content (AvgIpc) is 2.81. The number of benzene rings is 1. The van der Waals surface area contributed by atoms with Crippen LogP contribution in [0.4, 0.5) is 13.6 Å². The second-order valence-electron chi connectivity index (χ2n) is 6.60. The molecular weight excluding hydrogens is 308 g/mol. The molecule has 0 unspecified atom stereocenters. The van der Waals surface area contributed by atoms with E-state index in [0.29, 0.717) is 6.07 Å². The topological polar surface area (TPSA) is 66.8 Å². The molecular formula is C16H19F2NO4. The van der Waals surface area contributed by atoms with Gasteiger partial charge in [0, 0.05) is 25.1 Å². The molecule has 0 spiro atoms. The molecule has 2 rings (SSSR count). The molecule has 1 aromatic rings. The molecule has 0 aliphatic carbocycles. The van der Waals surface area contributed by atoms with Crippen molar-refractivity contribution in [3.63, 3.8) is 0 Å². The fourth-order valence-corrected chi connectivity index (χ4v) is 2.65. The lowest BCUT2D eigenvalue weighted by atomic mass is 9.88. The number of amides is 1. The number of carbonyl (C=O) groups excluding carboxylic acids is 1. The number of halogens is 2. The van der Waals surface area contributed by atoms with Gasteiger partial charge in [0.05, 0.1) is 5.92 Å². The highest BCUT2D eigenvalue weighted by molar-refractivity contribution is 5.76. The molecule has 1 aliphatic heterocycles. The summed E-state index contributed by atoms with van der Waals surface area (Å²) in [7, 11) is 0. The van der Waals surface area contributed by atoms with Crippen molar-refractivity contribution < 1.29 is 28.2 Å². The maximum atomic E-state index is 14.0. The highest BCUT2D eigenvalue weighted by Gasteiger charge is 2.42. The molecule has 0 bridgehead atoms. The molecule has 7 heteroatoms. The first-order chi connectivity index (χ1) is 10.6. The Morgan fingerprint density at radius 1 is 1.26 bits per heavy atom. The van der Waals surface area contributed by atoms with E-state index in [4.69, 9.17) is 4.74 Å². The highest BCUT2D eigenvalue weighted by atomic mass is 19.1. The van der Waals surface area contributed by atoms with Crippen LogP contribution in [0.5, 0.6) is 0 Å². The van der Waals surface area contributed by atoms with Crippen molar-refractivity contribution in [1.82, 2.24) is 4.90 Å². The normalized spacial score (nSPS) is 21.3. The summed E-state index contributed by atoms with van der Waals surface area (Å²) in [6.45, 7) is 5.03. The van der Waals surface area contributed by atoms with Gasteiger partial charge < -0.3 is 14.7 Å². The van der Waals surface area contributed by atoms with E-state index in [-0.39, 0.29) is 18.7 Å². The van der Waals surface area contributed by atoms with Gasteiger partial charge >= 0.3 is 12.1 Å². The van der Waals surface area contributed by atoms with Gasteiger partial charge in [0.1, 0.15) is 17.2 Å². The van der Waals surface area contributed by atoms with E-state index in [9.17, 15) is 23.5 Å². The molecule has 1 fully saturated rings. The number of hydrogen-bond acceptors (Lipinski definition) is 3. The number of rotatable bonds is 2. The van der Waals surface area contributed by atoms with Gasteiger partial charge in [-0.25, -0.2) is 13.6 Å². The maximum absolute atomic E-state index is 14.0. The third-order valence-electron chi connectivity index (χ3n) is 3.65. The zero-order valence-electron chi connectivity index (χ0n) is 13.2. The maximum Gasteiger partial charge on any atom is 0.410 e.